The van der Waals surface area contributed by atoms with Crippen LogP contribution in [-0.2, 0) is 9.59 Å². The van der Waals surface area contributed by atoms with Crippen LogP contribution in [0.3, 0.4) is 0 Å². The number of amides is 3. The second-order valence-electron chi connectivity index (χ2n) is 6.38. The average molecular weight is 351 g/mol. The van der Waals surface area contributed by atoms with E-state index in [0.717, 1.165) is 37.2 Å². The van der Waals surface area contributed by atoms with E-state index in [-0.39, 0.29) is 17.9 Å². The summed E-state index contributed by atoms with van der Waals surface area (Å²) in [6, 6.07) is 0.183. The molecule has 3 amide bonds. The number of aryl methyl sites for hydroxylation is 1. The first-order valence-electron chi connectivity index (χ1n) is 8.21. The van der Waals surface area contributed by atoms with Crippen LogP contribution in [0.1, 0.15) is 41.0 Å². The molecular formula is C15H21N5O3S. The zero-order valence-corrected chi connectivity index (χ0v) is 14.4. The summed E-state index contributed by atoms with van der Waals surface area (Å²) < 4.78 is 3.80. The van der Waals surface area contributed by atoms with Crippen molar-refractivity contribution in [2.45, 2.75) is 38.6 Å². The van der Waals surface area contributed by atoms with Crippen LogP contribution in [0.25, 0.3) is 0 Å². The van der Waals surface area contributed by atoms with Crippen LogP contribution in [0.5, 0.6) is 0 Å². The quantitative estimate of drug-likeness (QED) is 0.749. The lowest BCUT2D eigenvalue weighted by atomic mass is 9.96. The highest BCUT2D eigenvalue weighted by Crippen LogP contribution is 2.21. The minimum Gasteiger partial charge on any atom is -0.348 e. The normalized spacial score (nSPS) is 18.3. The SMILES string of the molecule is Cc1nnsc1C(=O)N1CCC(CNC(=O)C(=O)NC2CC2)CC1. The lowest BCUT2D eigenvalue weighted by Gasteiger charge is -2.31. The van der Waals surface area contributed by atoms with Crippen molar-refractivity contribution in [3.8, 4) is 0 Å². The summed E-state index contributed by atoms with van der Waals surface area (Å²) in [6.07, 6.45) is 3.53. The van der Waals surface area contributed by atoms with Gasteiger partial charge in [0.15, 0.2) is 0 Å². The van der Waals surface area contributed by atoms with Crippen molar-refractivity contribution in [1.82, 2.24) is 25.1 Å². The van der Waals surface area contributed by atoms with Gasteiger partial charge in [-0.05, 0) is 50.1 Å². The third kappa shape index (κ3) is 4.08. The molecule has 3 rings (SSSR count). The predicted molar refractivity (Wildman–Crippen MR) is 87.4 cm³/mol. The summed E-state index contributed by atoms with van der Waals surface area (Å²) in [4.78, 5) is 38.1. The highest BCUT2D eigenvalue weighted by Gasteiger charge is 2.28. The number of nitrogens with zero attached hydrogens (tertiary/aromatic N) is 3. The summed E-state index contributed by atoms with van der Waals surface area (Å²) in [7, 11) is 0. The Bertz CT molecular complexity index is 635. The van der Waals surface area contributed by atoms with Gasteiger partial charge in [-0.25, -0.2) is 0 Å². The van der Waals surface area contributed by atoms with E-state index in [1.54, 1.807) is 11.8 Å². The zero-order chi connectivity index (χ0) is 17.1. The van der Waals surface area contributed by atoms with Crippen molar-refractivity contribution in [2.24, 2.45) is 5.92 Å². The number of carbonyl (C=O) groups is 3. The molecule has 1 aliphatic heterocycles. The van der Waals surface area contributed by atoms with Crippen LogP contribution in [0.15, 0.2) is 0 Å². The van der Waals surface area contributed by atoms with Crippen LogP contribution in [0.2, 0.25) is 0 Å². The van der Waals surface area contributed by atoms with E-state index in [0.29, 0.717) is 30.2 Å². The number of hydrogen-bond donors (Lipinski definition) is 2. The smallest absolute Gasteiger partial charge is 0.309 e. The molecule has 0 bridgehead atoms. The van der Waals surface area contributed by atoms with E-state index in [2.05, 4.69) is 20.2 Å². The number of hydrogen-bond acceptors (Lipinski definition) is 6. The third-order valence-electron chi connectivity index (χ3n) is 4.42. The molecule has 1 saturated heterocycles. The number of rotatable bonds is 4. The number of likely N-dealkylation sites (tertiary alicyclic amines) is 1. The van der Waals surface area contributed by atoms with Crippen molar-refractivity contribution in [3.05, 3.63) is 10.6 Å². The molecule has 1 aromatic heterocycles. The number of carbonyl (C=O) groups excluding carboxylic acids is 3. The van der Waals surface area contributed by atoms with E-state index in [4.69, 9.17) is 0 Å². The molecule has 1 saturated carbocycles. The second-order valence-corrected chi connectivity index (χ2v) is 7.13. The van der Waals surface area contributed by atoms with Crippen molar-refractivity contribution < 1.29 is 14.4 Å². The Morgan fingerprint density at radius 2 is 1.88 bits per heavy atom. The molecule has 0 unspecified atom stereocenters. The van der Waals surface area contributed by atoms with Crippen LogP contribution < -0.4 is 10.6 Å². The van der Waals surface area contributed by atoms with Gasteiger partial charge in [-0.1, -0.05) is 4.49 Å². The molecule has 1 aliphatic carbocycles. The third-order valence-corrected chi connectivity index (χ3v) is 5.23. The Morgan fingerprint density at radius 3 is 2.46 bits per heavy atom. The topological polar surface area (TPSA) is 104 Å². The fraction of sp³-hybridized carbons (Fsp3) is 0.667. The molecule has 8 nitrogen and oxygen atoms in total. The summed E-state index contributed by atoms with van der Waals surface area (Å²) in [5.41, 5.74) is 0.668. The van der Waals surface area contributed by atoms with Gasteiger partial charge in [-0.2, -0.15) is 0 Å². The molecule has 2 N–H and O–H groups in total. The summed E-state index contributed by atoms with van der Waals surface area (Å²) in [5, 5.41) is 9.24. The maximum absolute atomic E-state index is 12.4. The maximum atomic E-state index is 12.4. The molecule has 1 aromatic rings. The van der Waals surface area contributed by atoms with Crippen LogP contribution in [-0.4, -0.2) is 57.9 Å². The van der Waals surface area contributed by atoms with E-state index in [1.165, 1.54) is 0 Å². The van der Waals surface area contributed by atoms with Crippen LogP contribution in [0.4, 0.5) is 0 Å². The van der Waals surface area contributed by atoms with E-state index >= 15 is 0 Å². The highest BCUT2D eigenvalue weighted by atomic mass is 32.1. The summed E-state index contributed by atoms with van der Waals surface area (Å²) >= 11 is 1.13. The molecule has 0 radical (unpaired) electrons. The largest absolute Gasteiger partial charge is 0.348 e. The Kier molecular flexibility index (Phi) is 5.08. The van der Waals surface area contributed by atoms with Gasteiger partial charge in [0.25, 0.3) is 5.91 Å². The first-order valence-corrected chi connectivity index (χ1v) is 8.99. The Morgan fingerprint density at radius 1 is 1.17 bits per heavy atom. The van der Waals surface area contributed by atoms with Crippen LogP contribution >= 0.6 is 11.5 Å². The molecule has 0 spiro atoms. The average Bonchev–Trinajstić information content (AvgIpc) is 3.30. The summed E-state index contributed by atoms with van der Waals surface area (Å²) in [5.74, 6) is -0.841. The van der Waals surface area contributed by atoms with Gasteiger partial charge in [0.05, 0.1) is 5.69 Å². The first-order chi connectivity index (χ1) is 11.5. The van der Waals surface area contributed by atoms with Crippen LogP contribution in [0, 0.1) is 12.8 Å². The highest BCUT2D eigenvalue weighted by molar-refractivity contribution is 7.07. The number of nitrogens with one attached hydrogen (secondary N) is 2. The second kappa shape index (κ2) is 7.25. The van der Waals surface area contributed by atoms with Gasteiger partial charge in [-0.15, -0.1) is 5.10 Å². The molecule has 2 heterocycles. The van der Waals surface area contributed by atoms with Gasteiger partial charge < -0.3 is 15.5 Å². The Balaban J connectivity index is 1.40. The van der Waals surface area contributed by atoms with Crippen molar-refractivity contribution in [3.63, 3.8) is 0 Å². The molecular weight excluding hydrogens is 330 g/mol. The Hall–Kier alpha value is -2.03. The molecule has 9 heteroatoms. The zero-order valence-electron chi connectivity index (χ0n) is 13.6. The lowest BCUT2D eigenvalue weighted by Crippen LogP contribution is -2.45. The first kappa shape index (κ1) is 16.8. The monoisotopic (exact) mass is 351 g/mol. The number of piperidine rings is 1. The van der Waals surface area contributed by atoms with Gasteiger partial charge in [0.2, 0.25) is 0 Å². The molecule has 130 valence electrons. The van der Waals surface area contributed by atoms with Crippen molar-refractivity contribution in [1.29, 1.82) is 0 Å². The summed E-state index contributed by atoms with van der Waals surface area (Å²) in [6.45, 7) is 3.54. The number of aromatic nitrogens is 2. The van der Waals surface area contributed by atoms with Gasteiger partial charge in [0, 0.05) is 25.7 Å². The van der Waals surface area contributed by atoms with Crippen molar-refractivity contribution in [2.75, 3.05) is 19.6 Å². The standard InChI is InChI=1S/C15H21N5O3S/c1-9-12(24-19-18-9)15(23)20-6-4-10(5-7-20)8-16-13(21)14(22)17-11-2-3-11/h10-11H,2-8H2,1H3,(H,16,21)(H,17,22). The van der Waals surface area contributed by atoms with Gasteiger partial charge >= 0.3 is 11.8 Å². The molecule has 24 heavy (non-hydrogen) atoms. The fourth-order valence-electron chi connectivity index (χ4n) is 2.71. The lowest BCUT2D eigenvalue weighted by molar-refractivity contribution is -0.139. The van der Waals surface area contributed by atoms with E-state index < -0.39 is 11.8 Å². The molecule has 2 aliphatic rings. The predicted octanol–water partition coefficient (Wildman–Crippen LogP) is 0.0935. The minimum atomic E-state index is -0.563. The van der Waals surface area contributed by atoms with E-state index in [1.807, 2.05) is 0 Å². The Labute approximate surface area is 144 Å². The van der Waals surface area contributed by atoms with Gasteiger partial charge in [0.1, 0.15) is 4.88 Å². The van der Waals surface area contributed by atoms with Gasteiger partial charge in [-0.3, -0.25) is 14.4 Å². The van der Waals surface area contributed by atoms with E-state index in [9.17, 15) is 14.4 Å². The maximum Gasteiger partial charge on any atom is 0.309 e. The van der Waals surface area contributed by atoms with Crippen molar-refractivity contribution >= 4 is 29.3 Å². The minimum absolute atomic E-state index is 0.0196. The molecule has 0 aromatic carbocycles. The molecule has 0 atom stereocenters. The fourth-order valence-corrected chi connectivity index (χ4v) is 3.33. The molecule has 2 fully saturated rings.